The third kappa shape index (κ3) is 4.50. The highest BCUT2D eigenvalue weighted by Crippen LogP contribution is 2.23. The lowest BCUT2D eigenvalue weighted by atomic mass is 10.0. The van der Waals surface area contributed by atoms with Gasteiger partial charge in [-0.15, -0.1) is 0 Å². The predicted octanol–water partition coefficient (Wildman–Crippen LogP) is 3.73. The van der Waals surface area contributed by atoms with Gasteiger partial charge in [0.2, 0.25) is 0 Å². The molecule has 1 unspecified atom stereocenters. The van der Waals surface area contributed by atoms with Crippen LogP contribution in [0.1, 0.15) is 46.1 Å². The van der Waals surface area contributed by atoms with Crippen LogP contribution in [0.25, 0.3) is 0 Å². The Morgan fingerprint density at radius 3 is 2.42 bits per heavy atom. The first-order valence-corrected chi connectivity index (χ1v) is 7.30. The van der Waals surface area contributed by atoms with E-state index in [1.165, 1.54) is 0 Å². The van der Waals surface area contributed by atoms with E-state index in [2.05, 4.69) is 32.6 Å². The highest BCUT2D eigenvalue weighted by Gasteiger charge is 2.14. The van der Waals surface area contributed by atoms with Gasteiger partial charge in [0.05, 0.1) is 5.69 Å². The van der Waals surface area contributed by atoms with Crippen LogP contribution in [0.3, 0.4) is 0 Å². The normalized spacial score (nSPS) is 12.8. The number of anilines is 1. The maximum Gasteiger partial charge on any atom is 0.146 e. The second kappa shape index (κ2) is 7.49. The van der Waals surface area contributed by atoms with E-state index in [4.69, 9.17) is 5.73 Å². The van der Waals surface area contributed by atoms with Crippen molar-refractivity contribution in [2.24, 2.45) is 5.73 Å². The number of nitrogens with zero attached hydrogens (tertiary/aromatic N) is 1. The van der Waals surface area contributed by atoms with Crippen LogP contribution in [-0.2, 0) is 6.42 Å². The minimum atomic E-state index is -0.136. The number of hydrogen-bond donors (Lipinski definition) is 1. The molecule has 0 saturated carbocycles. The maximum atomic E-state index is 14.3. The summed E-state index contributed by atoms with van der Waals surface area (Å²) in [5, 5.41) is 0. The summed E-state index contributed by atoms with van der Waals surface area (Å²) >= 11 is 0. The molecule has 0 amide bonds. The largest absolute Gasteiger partial charge is 0.367 e. The highest BCUT2D eigenvalue weighted by atomic mass is 19.1. The molecule has 1 aromatic rings. The maximum absolute atomic E-state index is 14.3. The molecule has 0 saturated heterocycles. The van der Waals surface area contributed by atoms with Gasteiger partial charge < -0.3 is 10.6 Å². The lowest BCUT2D eigenvalue weighted by Crippen LogP contribution is -2.32. The Kier molecular flexibility index (Phi) is 6.29. The summed E-state index contributed by atoms with van der Waals surface area (Å²) in [6.07, 6.45) is 2.67. The second-order valence-electron chi connectivity index (χ2n) is 5.45. The molecule has 2 N–H and O–H groups in total. The monoisotopic (exact) mass is 266 g/mol. The zero-order valence-corrected chi connectivity index (χ0v) is 12.6. The molecule has 2 nitrogen and oxygen atoms in total. The Balaban J connectivity index is 2.92. The van der Waals surface area contributed by atoms with E-state index < -0.39 is 0 Å². The fourth-order valence-corrected chi connectivity index (χ4v) is 2.26. The molecule has 108 valence electrons. The van der Waals surface area contributed by atoms with E-state index in [9.17, 15) is 4.39 Å². The van der Waals surface area contributed by atoms with Gasteiger partial charge in [-0.25, -0.2) is 4.39 Å². The van der Waals surface area contributed by atoms with Crippen LogP contribution in [0.15, 0.2) is 18.2 Å². The molecule has 1 rings (SSSR count). The van der Waals surface area contributed by atoms with E-state index in [-0.39, 0.29) is 11.9 Å². The Morgan fingerprint density at radius 1 is 1.26 bits per heavy atom. The predicted molar refractivity (Wildman–Crippen MR) is 81.1 cm³/mol. The van der Waals surface area contributed by atoms with E-state index in [1.54, 1.807) is 6.07 Å². The van der Waals surface area contributed by atoms with Gasteiger partial charge in [-0.3, -0.25) is 0 Å². The summed E-state index contributed by atoms with van der Waals surface area (Å²) in [7, 11) is 0. The fourth-order valence-electron chi connectivity index (χ4n) is 2.26. The third-order valence-corrected chi connectivity index (χ3v) is 3.43. The average Bonchev–Trinajstić information content (AvgIpc) is 2.36. The standard InChI is InChI=1S/C16H27FN2/c1-5-9-19(12(3)4)16-8-7-13(11-15(16)17)10-14(18)6-2/h7-8,11-12,14H,5-6,9-10,18H2,1-4H3. The lowest BCUT2D eigenvalue weighted by Gasteiger charge is -2.29. The first-order valence-electron chi connectivity index (χ1n) is 7.30. The number of halogens is 1. The number of nitrogens with two attached hydrogens (primary N) is 1. The molecule has 0 aliphatic carbocycles. The first kappa shape index (κ1) is 16.0. The Hall–Kier alpha value is -1.09. The molecule has 0 radical (unpaired) electrons. The topological polar surface area (TPSA) is 29.3 Å². The van der Waals surface area contributed by atoms with Gasteiger partial charge in [0.1, 0.15) is 5.82 Å². The van der Waals surface area contributed by atoms with Crippen molar-refractivity contribution in [3.63, 3.8) is 0 Å². The SMILES string of the molecule is CCCN(c1ccc(CC(N)CC)cc1F)C(C)C. The molecule has 0 spiro atoms. The summed E-state index contributed by atoms with van der Waals surface area (Å²) in [5.74, 6) is -0.136. The molecule has 3 heteroatoms. The van der Waals surface area contributed by atoms with Crippen molar-refractivity contribution in [2.75, 3.05) is 11.4 Å². The van der Waals surface area contributed by atoms with Gasteiger partial charge in [-0.2, -0.15) is 0 Å². The molecule has 0 aromatic heterocycles. The molecule has 1 aromatic carbocycles. The van der Waals surface area contributed by atoms with Crippen LogP contribution in [0.5, 0.6) is 0 Å². The average molecular weight is 266 g/mol. The number of rotatable bonds is 7. The van der Waals surface area contributed by atoms with Crippen molar-refractivity contribution in [3.8, 4) is 0 Å². The van der Waals surface area contributed by atoms with E-state index in [0.717, 1.165) is 31.4 Å². The lowest BCUT2D eigenvalue weighted by molar-refractivity contribution is 0.590. The van der Waals surface area contributed by atoms with Crippen LogP contribution in [0.4, 0.5) is 10.1 Å². The number of benzene rings is 1. The summed E-state index contributed by atoms with van der Waals surface area (Å²) < 4.78 is 14.3. The molecule has 19 heavy (non-hydrogen) atoms. The zero-order chi connectivity index (χ0) is 14.4. The summed E-state index contributed by atoms with van der Waals surface area (Å²) in [5.41, 5.74) is 7.60. The molecule has 0 aliphatic heterocycles. The van der Waals surface area contributed by atoms with Crippen molar-refractivity contribution in [2.45, 2.75) is 59.0 Å². The Morgan fingerprint density at radius 2 is 1.95 bits per heavy atom. The fraction of sp³-hybridized carbons (Fsp3) is 0.625. The molecule has 0 fully saturated rings. The van der Waals surface area contributed by atoms with Crippen molar-refractivity contribution in [1.82, 2.24) is 0 Å². The van der Waals surface area contributed by atoms with E-state index >= 15 is 0 Å². The van der Waals surface area contributed by atoms with Crippen LogP contribution >= 0.6 is 0 Å². The quantitative estimate of drug-likeness (QED) is 0.814. The van der Waals surface area contributed by atoms with Crippen LogP contribution in [0.2, 0.25) is 0 Å². The minimum absolute atomic E-state index is 0.113. The van der Waals surface area contributed by atoms with Gasteiger partial charge >= 0.3 is 0 Å². The van der Waals surface area contributed by atoms with Crippen molar-refractivity contribution < 1.29 is 4.39 Å². The zero-order valence-electron chi connectivity index (χ0n) is 12.6. The minimum Gasteiger partial charge on any atom is -0.367 e. The van der Waals surface area contributed by atoms with Crippen molar-refractivity contribution in [3.05, 3.63) is 29.6 Å². The number of hydrogen-bond acceptors (Lipinski definition) is 2. The molecule has 0 bridgehead atoms. The van der Waals surface area contributed by atoms with Crippen molar-refractivity contribution >= 4 is 5.69 Å². The van der Waals surface area contributed by atoms with Gasteiger partial charge in [-0.05, 0) is 50.8 Å². The first-order chi connectivity index (χ1) is 8.99. The van der Waals surface area contributed by atoms with Crippen LogP contribution in [-0.4, -0.2) is 18.6 Å². The Bertz CT molecular complexity index is 390. The summed E-state index contributed by atoms with van der Waals surface area (Å²) in [4.78, 5) is 2.11. The third-order valence-electron chi connectivity index (χ3n) is 3.43. The molecular formula is C16H27FN2. The van der Waals surface area contributed by atoms with Crippen molar-refractivity contribution in [1.29, 1.82) is 0 Å². The highest BCUT2D eigenvalue weighted by molar-refractivity contribution is 5.50. The van der Waals surface area contributed by atoms with Gasteiger partial charge in [0, 0.05) is 18.6 Å². The van der Waals surface area contributed by atoms with Gasteiger partial charge in [-0.1, -0.05) is 19.9 Å². The molecule has 0 aliphatic rings. The Labute approximate surface area is 116 Å². The molecule has 1 atom stereocenters. The second-order valence-corrected chi connectivity index (χ2v) is 5.45. The molecular weight excluding hydrogens is 239 g/mol. The van der Waals surface area contributed by atoms with Crippen LogP contribution < -0.4 is 10.6 Å². The van der Waals surface area contributed by atoms with Gasteiger partial charge in [0.15, 0.2) is 0 Å². The van der Waals surface area contributed by atoms with E-state index in [0.29, 0.717) is 11.7 Å². The smallest absolute Gasteiger partial charge is 0.146 e. The molecule has 0 heterocycles. The summed E-state index contributed by atoms with van der Waals surface area (Å²) in [6.45, 7) is 9.23. The van der Waals surface area contributed by atoms with Gasteiger partial charge in [0.25, 0.3) is 0 Å². The summed E-state index contributed by atoms with van der Waals surface area (Å²) in [6, 6.07) is 5.94. The van der Waals surface area contributed by atoms with Crippen LogP contribution in [0, 0.1) is 5.82 Å². The van der Waals surface area contributed by atoms with E-state index in [1.807, 2.05) is 12.1 Å².